The summed E-state index contributed by atoms with van der Waals surface area (Å²) < 4.78 is 0. The van der Waals surface area contributed by atoms with Crippen LogP contribution in [0.4, 0.5) is 0 Å². The van der Waals surface area contributed by atoms with Crippen LogP contribution in [0.1, 0.15) is 32.6 Å². The minimum Gasteiger partial charge on any atom is -0.352 e. The zero-order valence-electron chi connectivity index (χ0n) is 10.6. The molecule has 16 heavy (non-hydrogen) atoms. The van der Waals surface area contributed by atoms with Crippen molar-refractivity contribution in [3.05, 3.63) is 0 Å². The van der Waals surface area contributed by atoms with E-state index in [0.29, 0.717) is 6.42 Å². The number of likely N-dealkylation sites (tertiary alicyclic amines) is 1. The van der Waals surface area contributed by atoms with E-state index in [1.54, 1.807) is 0 Å². The van der Waals surface area contributed by atoms with Gasteiger partial charge in [0.15, 0.2) is 0 Å². The summed E-state index contributed by atoms with van der Waals surface area (Å²) in [5.41, 5.74) is 0. The first-order chi connectivity index (χ1) is 7.72. The van der Waals surface area contributed by atoms with Crippen LogP contribution in [0.5, 0.6) is 0 Å². The number of amides is 1. The Balaban J connectivity index is 2.07. The maximum Gasteiger partial charge on any atom is 0.220 e. The van der Waals surface area contributed by atoms with Crippen molar-refractivity contribution in [1.82, 2.24) is 15.5 Å². The molecule has 0 saturated carbocycles. The number of carbonyl (C=O) groups is 1. The number of hydrogen-bond donors (Lipinski definition) is 2. The Hall–Kier alpha value is -0.610. The van der Waals surface area contributed by atoms with Gasteiger partial charge in [0.25, 0.3) is 0 Å². The van der Waals surface area contributed by atoms with Gasteiger partial charge in [-0.3, -0.25) is 4.79 Å². The second kappa shape index (κ2) is 7.63. The van der Waals surface area contributed by atoms with Crippen LogP contribution in [0, 0.1) is 0 Å². The minimum absolute atomic E-state index is 0.182. The number of nitrogens with one attached hydrogen (secondary N) is 2. The van der Waals surface area contributed by atoms with Crippen molar-refractivity contribution in [1.29, 1.82) is 0 Å². The maximum absolute atomic E-state index is 11.5. The van der Waals surface area contributed by atoms with E-state index in [2.05, 4.69) is 22.5 Å². The van der Waals surface area contributed by atoms with Gasteiger partial charge in [-0.2, -0.15) is 0 Å². The van der Waals surface area contributed by atoms with Gasteiger partial charge in [0.1, 0.15) is 0 Å². The van der Waals surface area contributed by atoms with E-state index in [-0.39, 0.29) is 11.9 Å². The van der Waals surface area contributed by atoms with E-state index in [0.717, 1.165) is 19.5 Å². The smallest absolute Gasteiger partial charge is 0.220 e. The highest BCUT2D eigenvalue weighted by atomic mass is 16.1. The summed E-state index contributed by atoms with van der Waals surface area (Å²) in [5, 5.41) is 6.10. The van der Waals surface area contributed by atoms with E-state index in [9.17, 15) is 4.79 Å². The quantitative estimate of drug-likeness (QED) is 0.626. The average molecular weight is 227 g/mol. The van der Waals surface area contributed by atoms with Gasteiger partial charge in [-0.15, -0.1) is 0 Å². The number of rotatable bonds is 7. The molecule has 1 aliphatic rings. The fraction of sp³-hybridized carbons (Fsp3) is 0.917. The van der Waals surface area contributed by atoms with Crippen LogP contribution in [-0.2, 0) is 4.79 Å². The summed E-state index contributed by atoms with van der Waals surface area (Å²) >= 11 is 0. The minimum atomic E-state index is 0.182. The lowest BCUT2D eigenvalue weighted by molar-refractivity contribution is -0.121. The molecule has 1 amide bonds. The molecule has 0 bridgehead atoms. The third kappa shape index (κ3) is 5.47. The molecule has 2 N–H and O–H groups in total. The lowest BCUT2D eigenvalue weighted by atomic mass is 10.2. The monoisotopic (exact) mass is 227 g/mol. The van der Waals surface area contributed by atoms with Crippen molar-refractivity contribution in [2.45, 2.75) is 38.6 Å². The number of nitrogens with zero attached hydrogens (tertiary/aromatic N) is 1. The van der Waals surface area contributed by atoms with Crippen LogP contribution < -0.4 is 10.6 Å². The topological polar surface area (TPSA) is 44.4 Å². The van der Waals surface area contributed by atoms with Crippen LogP contribution in [0.2, 0.25) is 0 Å². The van der Waals surface area contributed by atoms with E-state index in [4.69, 9.17) is 0 Å². The molecule has 1 atom stereocenters. The molecule has 1 rings (SSSR count). The fourth-order valence-electron chi connectivity index (χ4n) is 2.17. The van der Waals surface area contributed by atoms with E-state index < -0.39 is 0 Å². The Morgan fingerprint density at radius 1 is 1.38 bits per heavy atom. The van der Waals surface area contributed by atoms with Gasteiger partial charge in [0.2, 0.25) is 5.91 Å². The van der Waals surface area contributed by atoms with Crippen LogP contribution in [0.25, 0.3) is 0 Å². The molecule has 94 valence electrons. The molecule has 4 heteroatoms. The van der Waals surface area contributed by atoms with Crippen molar-refractivity contribution < 1.29 is 4.79 Å². The lowest BCUT2D eigenvalue weighted by Gasteiger charge is -2.21. The second-order valence-electron chi connectivity index (χ2n) is 4.68. The third-order valence-corrected chi connectivity index (χ3v) is 2.97. The first-order valence-corrected chi connectivity index (χ1v) is 6.38. The van der Waals surface area contributed by atoms with Crippen molar-refractivity contribution in [2.24, 2.45) is 0 Å². The summed E-state index contributed by atoms with van der Waals surface area (Å²) in [4.78, 5) is 14.0. The molecule has 1 aliphatic heterocycles. The molecule has 0 aliphatic carbocycles. The molecule has 0 aromatic rings. The zero-order valence-corrected chi connectivity index (χ0v) is 10.6. The van der Waals surface area contributed by atoms with Gasteiger partial charge >= 0.3 is 0 Å². The SMILES string of the molecule is CNCCCC(=O)NC(C)CN1CCCC1. The Morgan fingerprint density at radius 2 is 2.06 bits per heavy atom. The van der Waals surface area contributed by atoms with Crippen molar-refractivity contribution in [3.63, 3.8) is 0 Å². The van der Waals surface area contributed by atoms with Gasteiger partial charge in [0, 0.05) is 19.0 Å². The molecule has 0 spiro atoms. The molecule has 1 heterocycles. The summed E-state index contributed by atoms with van der Waals surface area (Å²) in [5.74, 6) is 0.182. The summed E-state index contributed by atoms with van der Waals surface area (Å²) in [6.45, 7) is 6.39. The van der Waals surface area contributed by atoms with Gasteiger partial charge in [-0.1, -0.05) is 0 Å². The summed E-state index contributed by atoms with van der Waals surface area (Å²) in [6, 6.07) is 0.278. The average Bonchev–Trinajstić information content (AvgIpc) is 2.70. The Labute approximate surface area is 98.8 Å². The molecule has 1 fully saturated rings. The highest BCUT2D eigenvalue weighted by Crippen LogP contribution is 2.07. The molecular formula is C12H25N3O. The van der Waals surface area contributed by atoms with Crippen LogP contribution in [0.3, 0.4) is 0 Å². The van der Waals surface area contributed by atoms with Crippen molar-refractivity contribution >= 4 is 5.91 Å². The zero-order chi connectivity index (χ0) is 11.8. The van der Waals surface area contributed by atoms with Gasteiger partial charge < -0.3 is 15.5 Å². The molecule has 0 aromatic carbocycles. The fourth-order valence-corrected chi connectivity index (χ4v) is 2.17. The molecule has 0 radical (unpaired) electrons. The van der Waals surface area contributed by atoms with Crippen molar-refractivity contribution in [2.75, 3.05) is 33.2 Å². The van der Waals surface area contributed by atoms with Gasteiger partial charge in [-0.25, -0.2) is 0 Å². The molecule has 1 unspecified atom stereocenters. The first-order valence-electron chi connectivity index (χ1n) is 6.38. The van der Waals surface area contributed by atoms with Gasteiger partial charge in [-0.05, 0) is 52.9 Å². The number of hydrogen-bond acceptors (Lipinski definition) is 3. The highest BCUT2D eigenvalue weighted by Gasteiger charge is 2.15. The molecule has 0 aromatic heterocycles. The predicted octanol–water partition coefficient (Wildman–Crippen LogP) is 0.587. The maximum atomic E-state index is 11.5. The normalized spacial score (nSPS) is 18.6. The summed E-state index contributed by atoms with van der Waals surface area (Å²) in [7, 11) is 1.91. The lowest BCUT2D eigenvalue weighted by Crippen LogP contribution is -2.41. The highest BCUT2D eigenvalue weighted by molar-refractivity contribution is 5.76. The summed E-state index contributed by atoms with van der Waals surface area (Å²) in [6.07, 6.45) is 4.16. The Bertz CT molecular complexity index is 202. The molecule has 4 nitrogen and oxygen atoms in total. The predicted molar refractivity (Wildman–Crippen MR) is 66.4 cm³/mol. The molecule has 1 saturated heterocycles. The van der Waals surface area contributed by atoms with E-state index in [1.165, 1.54) is 25.9 Å². The van der Waals surface area contributed by atoms with E-state index >= 15 is 0 Å². The van der Waals surface area contributed by atoms with Crippen LogP contribution >= 0.6 is 0 Å². The Kier molecular flexibility index (Phi) is 6.42. The van der Waals surface area contributed by atoms with E-state index in [1.807, 2.05) is 7.05 Å². The third-order valence-electron chi connectivity index (χ3n) is 2.97. The first kappa shape index (κ1) is 13.5. The van der Waals surface area contributed by atoms with Gasteiger partial charge in [0.05, 0.1) is 0 Å². The van der Waals surface area contributed by atoms with Crippen molar-refractivity contribution in [3.8, 4) is 0 Å². The second-order valence-corrected chi connectivity index (χ2v) is 4.68. The number of carbonyl (C=O) groups excluding carboxylic acids is 1. The molecular weight excluding hydrogens is 202 g/mol. The Morgan fingerprint density at radius 3 is 2.69 bits per heavy atom. The van der Waals surface area contributed by atoms with Crippen LogP contribution in [0.15, 0.2) is 0 Å². The largest absolute Gasteiger partial charge is 0.352 e. The standard InChI is InChI=1S/C12H25N3O/c1-11(10-15-8-3-4-9-15)14-12(16)6-5-7-13-2/h11,13H,3-10H2,1-2H3,(H,14,16). The van der Waals surface area contributed by atoms with Crippen LogP contribution in [-0.4, -0.2) is 50.1 Å².